The lowest BCUT2D eigenvalue weighted by atomic mass is 10.2. The molecule has 0 fully saturated rings. The summed E-state index contributed by atoms with van der Waals surface area (Å²) in [6.07, 6.45) is 0. The van der Waals surface area contributed by atoms with Gasteiger partial charge in [-0.05, 0) is 18.2 Å². The van der Waals surface area contributed by atoms with Gasteiger partial charge in [-0.15, -0.1) is 11.3 Å². The predicted octanol–water partition coefficient (Wildman–Crippen LogP) is 1.87. The van der Waals surface area contributed by atoms with E-state index in [2.05, 4.69) is 4.98 Å². The summed E-state index contributed by atoms with van der Waals surface area (Å²) < 4.78 is 0.724. The standard InChI is InChI=1S/C9H4N2O2S/c10-4-5-1-2-6-7(3-5)14-8(11-6)9(12)13/h1-3H,(H,12,13). The molecule has 0 atom stereocenters. The number of aromatic carboxylic acids is 1. The Balaban J connectivity index is 2.67. The van der Waals surface area contributed by atoms with Crippen molar-refractivity contribution in [3.8, 4) is 6.07 Å². The van der Waals surface area contributed by atoms with Crippen LogP contribution in [-0.2, 0) is 0 Å². The van der Waals surface area contributed by atoms with Crippen molar-refractivity contribution < 1.29 is 9.90 Å². The highest BCUT2D eigenvalue weighted by molar-refractivity contribution is 7.20. The Kier molecular flexibility index (Phi) is 1.91. The van der Waals surface area contributed by atoms with Crippen LogP contribution in [0, 0.1) is 11.3 Å². The Labute approximate surface area is 83.1 Å². The van der Waals surface area contributed by atoms with Crippen LogP contribution in [0.4, 0.5) is 0 Å². The maximum absolute atomic E-state index is 10.6. The topological polar surface area (TPSA) is 74.0 Å². The molecule has 0 bridgehead atoms. The minimum absolute atomic E-state index is 0.0510. The highest BCUT2D eigenvalue weighted by Crippen LogP contribution is 2.22. The molecule has 0 aliphatic carbocycles. The van der Waals surface area contributed by atoms with Crippen LogP contribution >= 0.6 is 11.3 Å². The molecular formula is C9H4N2O2S. The van der Waals surface area contributed by atoms with Crippen molar-refractivity contribution in [3.63, 3.8) is 0 Å². The molecule has 0 radical (unpaired) electrons. The van der Waals surface area contributed by atoms with Gasteiger partial charge in [0.15, 0.2) is 0 Å². The maximum Gasteiger partial charge on any atom is 0.365 e. The van der Waals surface area contributed by atoms with E-state index in [1.54, 1.807) is 18.2 Å². The molecule has 0 unspecified atom stereocenters. The van der Waals surface area contributed by atoms with Crippen molar-refractivity contribution in [2.24, 2.45) is 0 Å². The molecular weight excluding hydrogens is 200 g/mol. The fourth-order valence-electron chi connectivity index (χ4n) is 1.09. The smallest absolute Gasteiger partial charge is 0.365 e. The number of carboxylic acids is 1. The van der Waals surface area contributed by atoms with Crippen LogP contribution in [0.1, 0.15) is 15.4 Å². The number of carboxylic acid groups (broad SMARTS) is 1. The van der Waals surface area contributed by atoms with E-state index in [9.17, 15) is 4.79 Å². The van der Waals surface area contributed by atoms with Crippen LogP contribution in [-0.4, -0.2) is 16.1 Å². The minimum Gasteiger partial charge on any atom is -0.476 e. The molecule has 4 nitrogen and oxygen atoms in total. The Hall–Kier alpha value is -1.93. The van der Waals surface area contributed by atoms with E-state index < -0.39 is 5.97 Å². The molecule has 2 rings (SSSR count). The van der Waals surface area contributed by atoms with Crippen LogP contribution in [0.5, 0.6) is 0 Å². The molecule has 0 saturated carbocycles. The highest BCUT2D eigenvalue weighted by atomic mass is 32.1. The van der Waals surface area contributed by atoms with Gasteiger partial charge < -0.3 is 5.11 Å². The van der Waals surface area contributed by atoms with Gasteiger partial charge in [-0.3, -0.25) is 0 Å². The summed E-state index contributed by atoms with van der Waals surface area (Å²) in [5.41, 5.74) is 1.13. The number of benzene rings is 1. The van der Waals surface area contributed by atoms with Gasteiger partial charge in [0.2, 0.25) is 5.01 Å². The zero-order valence-corrected chi connectivity index (χ0v) is 7.71. The zero-order chi connectivity index (χ0) is 10.1. The number of nitriles is 1. The molecule has 1 heterocycles. The van der Waals surface area contributed by atoms with Crippen LogP contribution < -0.4 is 0 Å². The van der Waals surface area contributed by atoms with Crippen molar-refractivity contribution in [2.75, 3.05) is 0 Å². The number of nitrogens with zero attached hydrogens (tertiary/aromatic N) is 2. The molecule has 1 aromatic carbocycles. The van der Waals surface area contributed by atoms with Crippen LogP contribution in [0.3, 0.4) is 0 Å². The van der Waals surface area contributed by atoms with E-state index in [1.807, 2.05) is 6.07 Å². The monoisotopic (exact) mass is 204 g/mol. The average Bonchev–Trinajstić information content (AvgIpc) is 2.59. The van der Waals surface area contributed by atoms with E-state index in [0.717, 1.165) is 16.0 Å². The van der Waals surface area contributed by atoms with Crippen molar-refractivity contribution in [1.29, 1.82) is 5.26 Å². The summed E-state index contributed by atoms with van der Waals surface area (Å²) in [6.45, 7) is 0. The normalized spacial score (nSPS) is 9.93. The van der Waals surface area contributed by atoms with Crippen LogP contribution in [0.2, 0.25) is 0 Å². The van der Waals surface area contributed by atoms with Gasteiger partial charge in [-0.2, -0.15) is 5.26 Å². The van der Waals surface area contributed by atoms with E-state index >= 15 is 0 Å². The number of carbonyl (C=O) groups is 1. The Morgan fingerprint density at radius 3 is 3.00 bits per heavy atom. The zero-order valence-electron chi connectivity index (χ0n) is 6.89. The van der Waals surface area contributed by atoms with Gasteiger partial charge in [0.05, 0.1) is 21.8 Å². The summed E-state index contributed by atoms with van der Waals surface area (Å²) in [5, 5.41) is 17.4. The van der Waals surface area contributed by atoms with Gasteiger partial charge in [0.1, 0.15) is 0 Å². The number of hydrogen-bond acceptors (Lipinski definition) is 4. The molecule has 68 valence electrons. The first-order valence-electron chi connectivity index (χ1n) is 3.74. The van der Waals surface area contributed by atoms with Crippen molar-refractivity contribution in [1.82, 2.24) is 4.98 Å². The Morgan fingerprint density at radius 2 is 2.36 bits per heavy atom. The third kappa shape index (κ3) is 1.32. The SMILES string of the molecule is N#Cc1ccc2nc(C(=O)O)sc2c1. The van der Waals surface area contributed by atoms with E-state index in [1.165, 1.54) is 0 Å². The molecule has 0 saturated heterocycles. The summed E-state index contributed by atoms with van der Waals surface area (Å²) in [5.74, 6) is -1.04. The first-order valence-corrected chi connectivity index (χ1v) is 4.56. The van der Waals surface area contributed by atoms with Gasteiger partial charge >= 0.3 is 5.97 Å². The first kappa shape index (κ1) is 8.66. The number of hydrogen-bond donors (Lipinski definition) is 1. The molecule has 2 aromatic rings. The minimum atomic E-state index is -1.04. The number of thiazole rings is 1. The molecule has 0 aliphatic heterocycles. The Bertz CT molecular complexity index is 553. The van der Waals surface area contributed by atoms with Gasteiger partial charge in [-0.25, -0.2) is 9.78 Å². The van der Waals surface area contributed by atoms with Crippen LogP contribution in [0.25, 0.3) is 10.2 Å². The van der Waals surface area contributed by atoms with Gasteiger partial charge in [-0.1, -0.05) is 0 Å². The molecule has 1 aromatic heterocycles. The summed E-state index contributed by atoms with van der Waals surface area (Å²) in [6, 6.07) is 6.90. The highest BCUT2D eigenvalue weighted by Gasteiger charge is 2.10. The second-order valence-electron chi connectivity index (χ2n) is 2.62. The maximum atomic E-state index is 10.6. The third-order valence-electron chi connectivity index (χ3n) is 1.70. The molecule has 5 heteroatoms. The molecule has 14 heavy (non-hydrogen) atoms. The first-order chi connectivity index (χ1) is 6.70. The van der Waals surface area contributed by atoms with Crippen LogP contribution in [0.15, 0.2) is 18.2 Å². The summed E-state index contributed by atoms with van der Waals surface area (Å²) >= 11 is 1.07. The molecule has 0 aliphatic rings. The second kappa shape index (κ2) is 3.09. The second-order valence-corrected chi connectivity index (χ2v) is 3.65. The quantitative estimate of drug-likeness (QED) is 0.769. The van der Waals surface area contributed by atoms with E-state index in [4.69, 9.17) is 10.4 Å². The van der Waals surface area contributed by atoms with Gasteiger partial charge in [0, 0.05) is 0 Å². The molecule has 1 N–H and O–H groups in total. The lowest BCUT2D eigenvalue weighted by Gasteiger charge is -1.86. The molecule has 0 spiro atoms. The Morgan fingerprint density at radius 1 is 1.57 bits per heavy atom. The lowest BCUT2D eigenvalue weighted by molar-refractivity contribution is 0.0696. The van der Waals surface area contributed by atoms with Crippen molar-refractivity contribution in [3.05, 3.63) is 28.8 Å². The van der Waals surface area contributed by atoms with Crippen molar-refractivity contribution in [2.45, 2.75) is 0 Å². The number of rotatable bonds is 1. The summed E-state index contributed by atoms with van der Waals surface area (Å²) in [4.78, 5) is 14.5. The van der Waals surface area contributed by atoms with E-state index in [0.29, 0.717) is 11.1 Å². The number of fused-ring (bicyclic) bond motifs is 1. The fourth-order valence-corrected chi connectivity index (χ4v) is 1.93. The molecule has 0 amide bonds. The summed E-state index contributed by atoms with van der Waals surface area (Å²) in [7, 11) is 0. The van der Waals surface area contributed by atoms with E-state index in [-0.39, 0.29) is 5.01 Å². The fraction of sp³-hybridized carbons (Fsp3) is 0. The predicted molar refractivity (Wildman–Crippen MR) is 51.3 cm³/mol. The van der Waals surface area contributed by atoms with Gasteiger partial charge in [0.25, 0.3) is 0 Å². The third-order valence-corrected chi connectivity index (χ3v) is 2.71. The lowest BCUT2D eigenvalue weighted by Crippen LogP contribution is -1.93. The number of aromatic nitrogens is 1. The van der Waals surface area contributed by atoms with Crippen molar-refractivity contribution >= 4 is 27.5 Å². The average molecular weight is 204 g/mol. The largest absolute Gasteiger partial charge is 0.476 e.